The smallest absolute Gasteiger partial charge is 0.326 e. The summed E-state index contributed by atoms with van der Waals surface area (Å²) < 4.78 is 0. The summed E-state index contributed by atoms with van der Waals surface area (Å²) in [7, 11) is 0. The molecular formula is C19H31N9O7. The van der Waals surface area contributed by atoms with Crippen molar-refractivity contribution in [2.75, 3.05) is 6.54 Å². The first-order valence-corrected chi connectivity index (χ1v) is 10.5. The molecule has 16 nitrogen and oxygen atoms in total. The van der Waals surface area contributed by atoms with Gasteiger partial charge in [-0.2, -0.15) is 0 Å². The van der Waals surface area contributed by atoms with Crippen molar-refractivity contribution in [3.8, 4) is 0 Å². The highest BCUT2D eigenvalue weighted by Crippen LogP contribution is 2.04. The molecule has 0 saturated heterocycles. The number of H-pyrrole nitrogens is 1. The van der Waals surface area contributed by atoms with Crippen LogP contribution in [0.25, 0.3) is 0 Å². The van der Waals surface area contributed by atoms with Crippen LogP contribution in [-0.4, -0.2) is 86.5 Å². The zero-order chi connectivity index (χ0) is 26.5. The second-order valence-corrected chi connectivity index (χ2v) is 7.63. The number of aliphatic carboxylic acids is 2. The third kappa shape index (κ3) is 11.0. The Kier molecular flexibility index (Phi) is 11.6. The molecule has 0 aromatic carbocycles. The first kappa shape index (κ1) is 28.8. The highest BCUT2D eigenvalue weighted by molar-refractivity contribution is 5.94. The molecule has 1 rings (SSSR count). The van der Waals surface area contributed by atoms with E-state index in [0.717, 1.165) is 0 Å². The van der Waals surface area contributed by atoms with E-state index >= 15 is 0 Å². The number of nitrogens with zero attached hydrogens (tertiary/aromatic N) is 2. The van der Waals surface area contributed by atoms with Gasteiger partial charge in [0.05, 0.1) is 18.8 Å². The van der Waals surface area contributed by atoms with Gasteiger partial charge in [-0.15, -0.1) is 0 Å². The number of nitrogens with two attached hydrogens (primary N) is 3. The molecule has 0 spiro atoms. The van der Waals surface area contributed by atoms with Gasteiger partial charge in [0.25, 0.3) is 0 Å². The third-order valence-electron chi connectivity index (χ3n) is 4.66. The van der Waals surface area contributed by atoms with Crippen molar-refractivity contribution in [1.29, 1.82) is 0 Å². The van der Waals surface area contributed by atoms with Crippen LogP contribution < -0.4 is 33.2 Å². The van der Waals surface area contributed by atoms with Crippen molar-refractivity contribution < 1.29 is 34.2 Å². The van der Waals surface area contributed by atoms with Crippen molar-refractivity contribution in [1.82, 2.24) is 25.9 Å². The minimum atomic E-state index is -1.37. The number of aliphatic imine (C=N–C) groups is 1. The molecule has 3 amide bonds. The summed E-state index contributed by atoms with van der Waals surface area (Å²) in [4.78, 5) is 70.1. The molecule has 0 bridgehead atoms. The fourth-order valence-electron chi connectivity index (χ4n) is 2.82. The number of carboxylic acids is 2. The van der Waals surface area contributed by atoms with Gasteiger partial charge in [-0.25, -0.2) is 9.78 Å². The number of nitrogens with one attached hydrogen (secondary N) is 4. The number of hydrogen-bond acceptors (Lipinski definition) is 8. The molecule has 0 fully saturated rings. The lowest BCUT2D eigenvalue weighted by atomic mass is 10.1. The summed E-state index contributed by atoms with van der Waals surface area (Å²) in [5.41, 5.74) is 16.5. The van der Waals surface area contributed by atoms with Crippen LogP contribution in [0.3, 0.4) is 0 Å². The molecule has 1 aromatic rings. The van der Waals surface area contributed by atoms with Crippen LogP contribution in [0.15, 0.2) is 17.5 Å². The predicted octanol–water partition coefficient (Wildman–Crippen LogP) is -3.63. The number of aromatic nitrogens is 2. The van der Waals surface area contributed by atoms with Crippen LogP contribution in [-0.2, 0) is 30.4 Å². The van der Waals surface area contributed by atoms with E-state index in [0.29, 0.717) is 5.69 Å². The largest absolute Gasteiger partial charge is 0.481 e. The van der Waals surface area contributed by atoms with E-state index in [9.17, 15) is 29.1 Å². The number of amides is 3. The third-order valence-corrected chi connectivity index (χ3v) is 4.66. The van der Waals surface area contributed by atoms with Crippen molar-refractivity contribution in [2.24, 2.45) is 22.2 Å². The second-order valence-electron chi connectivity index (χ2n) is 7.63. The minimum Gasteiger partial charge on any atom is -0.481 e. The first-order chi connectivity index (χ1) is 16.4. The van der Waals surface area contributed by atoms with Crippen molar-refractivity contribution in [2.45, 2.75) is 56.8 Å². The molecular weight excluding hydrogens is 466 g/mol. The Hall–Kier alpha value is -4.21. The summed E-state index contributed by atoms with van der Waals surface area (Å²) in [5.74, 6) is -5.17. The van der Waals surface area contributed by atoms with E-state index in [2.05, 4.69) is 30.9 Å². The molecule has 1 heterocycles. The Morgan fingerprint density at radius 3 is 2.26 bits per heavy atom. The predicted molar refractivity (Wildman–Crippen MR) is 122 cm³/mol. The van der Waals surface area contributed by atoms with Gasteiger partial charge in [0.1, 0.15) is 18.1 Å². The molecule has 1 aromatic heterocycles. The number of hydrogen-bond donors (Lipinski definition) is 9. The number of aromatic amines is 1. The van der Waals surface area contributed by atoms with Gasteiger partial charge in [-0.05, 0) is 19.8 Å². The Bertz CT molecular complexity index is 916. The van der Waals surface area contributed by atoms with Crippen LogP contribution >= 0.6 is 0 Å². The van der Waals surface area contributed by atoms with Gasteiger partial charge in [-0.3, -0.25) is 24.2 Å². The standard InChI is InChI=1S/C19H31N9O7/c1-9(26-16(32)11(20)6-14(29)30)15(31)27-12(3-2-4-24-19(21)22)17(33)28-13(18(34)35)5-10-7-23-8-25-10/h7-9,11-13H,2-6,20H2,1H3,(H,23,25)(H,26,32)(H,27,31)(H,28,33)(H,29,30)(H,34,35)(H4,21,22,24). The molecule has 12 N–H and O–H groups in total. The van der Waals surface area contributed by atoms with Gasteiger partial charge in [0.2, 0.25) is 17.7 Å². The Morgan fingerprint density at radius 1 is 1.06 bits per heavy atom. The lowest BCUT2D eigenvalue weighted by molar-refractivity contribution is -0.142. The average molecular weight is 498 g/mol. The SMILES string of the molecule is CC(NC(=O)C(N)CC(=O)O)C(=O)NC(CCCN=C(N)N)C(=O)NC(Cc1cnc[nH]1)C(=O)O. The highest BCUT2D eigenvalue weighted by Gasteiger charge is 2.29. The summed E-state index contributed by atoms with van der Waals surface area (Å²) in [6.07, 6.45) is 2.37. The number of carbonyl (C=O) groups is 5. The molecule has 4 atom stereocenters. The molecule has 0 radical (unpaired) electrons. The van der Waals surface area contributed by atoms with Crippen LogP contribution in [0.1, 0.15) is 31.9 Å². The molecule has 0 aliphatic carbocycles. The summed E-state index contributed by atoms with van der Waals surface area (Å²) in [6, 6.07) is -5.05. The van der Waals surface area contributed by atoms with Gasteiger partial charge < -0.3 is 48.3 Å². The van der Waals surface area contributed by atoms with Gasteiger partial charge in [0.15, 0.2) is 5.96 Å². The lowest BCUT2D eigenvalue weighted by Crippen LogP contribution is -2.56. The quantitative estimate of drug-likeness (QED) is 0.0647. The van der Waals surface area contributed by atoms with Crippen molar-refractivity contribution >= 4 is 35.6 Å². The maximum atomic E-state index is 12.9. The number of carboxylic acid groups (broad SMARTS) is 2. The van der Waals surface area contributed by atoms with E-state index in [-0.39, 0.29) is 31.8 Å². The average Bonchev–Trinajstić information content (AvgIpc) is 3.27. The normalized spacial score (nSPS) is 14.0. The summed E-state index contributed by atoms with van der Waals surface area (Å²) >= 11 is 0. The topological polar surface area (TPSA) is 281 Å². The summed E-state index contributed by atoms with van der Waals surface area (Å²) in [6.45, 7) is 1.46. The van der Waals surface area contributed by atoms with Crippen LogP contribution in [0.5, 0.6) is 0 Å². The molecule has 0 saturated carbocycles. The van der Waals surface area contributed by atoms with Crippen LogP contribution in [0, 0.1) is 0 Å². The van der Waals surface area contributed by atoms with Crippen molar-refractivity contribution in [3.63, 3.8) is 0 Å². The van der Waals surface area contributed by atoms with E-state index < -0.39 is 60.2 Å². The zero-order valence-electron chi connectivity index (χ0n) is 19.1. The molecule has 0 aliphatic rings. The second kappa shape index (κ2) is 14.1. The number of imidazole rings is 1. The fraction of sp³-hybridized carbons (Fsp3) is 0.526. The molecule has 194 valence electrons. The van der Waals surface area contributed by atoms with E-state index in [1.165, 1.54) is 19.4 Å². The van der Waals surface area contributed by atoms with E-state index in [1.807, 2.05) is 0 Å². The Morgan fingerprint density at radius 2 is 1.71 bits per heavy atom. The number of carbonyl (C=O) groups excluding carboxylic acids is 3. The lowest BCUT2D eigenvalue weighted by Gasteiger charge is -2.23. The Balaban J connectivity index is 2.87. The zero-order valence-corrected chi connectivity index (χ0v) is 19.1. The molecule has 0 aliphatic heterocycles. The van der Waals surface area contributed by atoms with Gasteiger partial charge in [-0.1, -0.05) is 0 Å². The van der Waals surface area contributed by atoms with E-state index in [1.54, 1.807) is 0 Å². The number of rotatable bonds is 15. The van der Waals surface area contributed by atoms with E-state index in [4.69, 9.17) is 22.3 Å². The van der Waals surface area contributed by atoms with Crippen molar-refractivity contribution in [3.05, 3.63) is 18.2 Å². The van der Waals surface area contributed by atoms with Gasteiger partial charge in [0, 0.05) is 24.9 Å². The number of guanidine groups is 1. The summed E-state index contributed by atoms with van der Waals surface area (Å²) in [5, 5.41) is 25.3. The van der Waals surface area contributed by atoms with Crippen LogP contribution in [0.4, 0.5) is 0 Å². The molecule has 35 heavy (non-hydrogen) atoms. The Labute approximate surface area is 200 Å². The minimum absolute atomic E-state index is 0.0456. The molecule has 16 heteroatoms. The highest BCUT2D eigenvalue weighted by atomic mass is 16.4. The van der Waals surface area contributed by atoms with Gasteiger partial charge >= 0.3 is 11.9 Å². The van der Waals surface area contributed by atoms with Crippen LogP contribution in [0.2, 0.25) is 0 Å². The monoisotopic (exact) mass is 497 g/mol. The maximum absolute atomic E-state index is 12.9. The maximum Gasteiger partial charge on any atom is 0.326 e. The fourth-order valence-corrected chi connectivity index (χ4v) is 2.82. The first-order valence-electron chi connectivity index (χ1n) is 10.5. The molecule has 4 unspecified atom stereocenters.